The average molecular weight is 677 g/mol. The third-order valence-corrected chi connectivity index (χ3v) is 6.79. The van der Waals surface area contributed by atoms with Gasteiger partial charge in [-0.1, -0.05) is 34.7 Å². The van der Waals surface area contributed by atoms with Crippen molar-refractivity contribution >= 4 is 62.2 Å². The summed E-state index contributed by atoms with van der Waals surface area (Å²) in [6.45, 7) is -0.257. The topological polar surface area (TPSA) is 67.8 Å². The van der Waals surface area contributed by atoms with E-state index in [-0.39, 0.29) is 17.5 Å². The molecule has 2 aromatic carbocycles. The van der Waals surface area contributed by atoms with Crippen molar-refractivity contribution in [2.75, 3.05) is 6.61 Å². The van der Waals surface area contributed by atoms with E-state index in [1.165, 1.54) is 30.3 Å². The lowest BCUT2D eigenvalue weighted by Crippen LogP contribution is -2.60. The first-order valence-corrected chi connectivity index (χ1v) is 10.8. The van der Waals surface area contributed by atoms with Gasteiger partial charge in [-0.25, -0.2) is 0 Å². The normalized spacial score (nSPS) is 14.9. The Morgan fingerprint density at radius 1 is 1.03 bits per heavy atom. The van der Waals surface area contributed by atoms with E-state index >= 15 is 0 Å². The Hall–Kier alpha value is -1.07. The zero-order valence-electron chi connectivity index (χ0n) is 15.5. The van der Waals surface area contributed by atoms with Crippen LogP contribution in [0.5, 0.6) is 11.5 Å². The molecule has 0 fully saturated rings. The van der Waals surface area contributed by atoms with Crippen molar-refractivity contribution in [3.63, 3.8) is 0 Å². The molecular formula is C18H15F6I2NO4. The molecule has 0 aliphatic rings. The minimum Gasteiger partial charge on any atom is -0.490 e. The minimum absolute atomic E-state index is 0.152. The molecular weight excluding hydrogens is 662 g/mol. The number of halogens is 8. The van der Waals surface area contributed by atoms with Crippen LogP contribution in [0.15, 0.2) is 36.4 Å². The van der Waals surface area contributed by atoms with Crippen LogP contribution >= 0.6 is 45.5 Å². The predicted octanol–water partition coefficient (Wildman–Crippen LogP) is 5.11. The molecule has 2 N–H and O–H groups in total. The molecule has 5 nitrogen and oxygen atoms in total. The second-order valence-corrected chi connectivity index (χ2v) is 8.50. The number of ether oxygens (including phenoxy) is 2. The maximum atomic E-state index is 12.7. The second-order valence-electron chi connectivity index (χ2n) is 6.54. The van der Waals surface area contributed by atoms with Gasteiger partial charge >= 0.3 is 18.3 Å². The van der Waals surface area contributed by atoms with Crippen molar-refractivity contribution in [2.45, 2.75) is 34.8 Å². The maximum Gasteiger partial charge on any atom is 0.429 e. The molecule has 0 aromatic heterocycles. The van der Waals surface area contributed by atoms with E-state index in [2.05, 4.69) is 8.27 Å². The molecule has 13 heteroatoms. The molecule has 2 aromatic rings. The van der Waals surface area contributed by atoms with Crippen LogP contribution in [0, 0.1) is 0 Å². The smallest absolute Gasteiger partial charge is 0.429 e. The summed E-state index contributed by atoms with van der Waals surface area (Å²) in [6, 6.07) is 7.95. The first-order chi connectivity index (χ1) is 14.2. The molecule has 0 radical (unpaired) electrons. The number of carbonyl (C=O) groups excluding carboxylic acids is 1. The third kappa shape index (κ3) is 6.04. The highest BCUT2D eigenvalue weighted by atomic mass is 127. The number of aliphatic hydroxyl groups is 1. The highest BCUT2D eigenvalue weighted by Crippen LogP contribution is 2.43. The maximum absolute atomic E-state index is 12.7. The second kappa shape index (κ2) is 9.82. The van der Waals surface area contributed by atoms with Crippen LogP contribution in [-0.2, 0) is 4.79 Å². The van der Waals surface area contributed by atoms with E-state index < -0.39 is 34.5 Å². The van der Waals surface area contributed by atoms with Crippen molar-refractivity contribution in [2.24, 2.45) is 0 Å². The predicted molar refractivity (Wildman–Crippen MR) is 117 cm³/mol. The van der Waals surface area contributed by atoms with Gasteiger partial charge in [0, 0.05) is 28.9 Å². The van der Waals surface area contributed by atoms with E-state index in [9.17, 15) is 31.1 Å². The zero-order chi connectivity index (χ0) is 23.6. The van der Waals surface area contributed by atoms with Crippen LogP contribution in [0.25, 0.3) is 10.8 Å². The summed E-state index contributed by atoms with van der Waals surface area (Å²) in [5.41, 5.74) is -5.01. The number of hydrogen-bond acceptors (Lipinski definition) is 5. The van der Waals surface area contributed by atoms with Crippen LogP contribution in [0.4, 0.5) is 26.3 Å². The zero-order valence-corrected chi connectivity index (χ0v) is 19.8. The molecule has 2 atom stereocenters. The Bertz CT molecular complexity index is 923. The number of alkyl halides is 7. The van der Waals surface area contributed by atoms with Gasteiger partial charge in [-0.05, 0) is 42.0 Å². The van der Waals surface area contributed by atoms with Crippen molar-refractivity contribution in [3.8, 4) is 11.5 Å². The number of hydrogen-bond donors (Lipinski definition) is 2. The highest BCUT2D eigenvalue weighted by Gasteiger charge is 2.71. The Kier molecular flexibility index (Phi) is 8.30. The lowest BCUT2D eigenvalue weighted by molar-refractivity contribution is -0.373. The molecule has 2 rings (SSSR count). The largest absolute Gasteiger partial charge is 0.490 e. The van der Waals surface area contributed by atoms with Gasteiger partial charge in [-0.15, -0.1) is 0 Å². The van der Waals surface area contributed by atoms with E-state index in [1.807, 2.05) is 45.5 Å². The van der Waals surface area contributed by atoms with Crippen LogP contribution < -0.4 is 13.0 Å². The number of nitrogens with one attached hydrogen (secondary N) is 1. The first-order valence-electron chi connectivity index (χ1n) is 8.44. The van der Waals surface area contributed by atoms with Gasteiger partial charge in [0.1, 0.15) is 22.0 Å². The molecule has 0 heterocycles. The Morgan fingerprint density at radius 3 is 2.00 bits per heavy atom. The molecule has 0 amide bonds. The molecule has 0 saturated carbocycles. The van der Waals surface area contributed by atoms with Gasteiger partial charge in [0.2, 0.25) is 0 Å². The molecule has 31 heavy (non-hydrogen) atoms. The van der Waals surface area contributed by atoms with Gasteiger partial charge < -0.3 is 14.6 Å². The molecule has 0 aliphatic carbocycles. The quantitative estimate of drug-likeness (QED) is 0.107. The third-order valence-electron chi connectivity index (χ3n) is 4.22. The monoisotopic (exact) mass is 677 g/mol. The molecule has 0 aliphatic heterocycles. The summed E-state index contributed by atoms with van der Waals surface area (Å²) in [7, 11) is 0. The fourth-order valence-corrected chi connectivity index (χ4v) is 3.65. The van der Waals surface area contributed by atoms with Crippen molar-refractivity contribution in [3.05, 3.63) is 36.4 Å². The number of esters is 1. The summed E-state index contributed by atoms with van der Waals surface area (Å²) >= 11 is 3.84. The average Bonchev–Trinajstić information content (AvgIpc) is 2.68. The molecule has 0 spiro atoms. The minimum atomic E-state index is -5.97. The number of rotatable bonds is 7. The van der Waals surface area contributed by atoms with E-state index in [1.54, 1.807) is 6.92 Å². The van der Waals surface area contributed by atoms with Gasteiger partial charge in [0.25, 0.3) is 5.60 Å². The number of benzene rings is 2. The molecule has 0 saturated heterocycles. The van der Waals surface area contributed by atoms with Gasteiger partial charge in [-0.3, -0.25) is 8.32 Å². The van der Waals surface area contributed by atoms with Crippen LogP contribution in [0.3, 0.4) is 0 Å². The van der Waals surface area contributed by atoms with Gasteiger partial charge in [0.05, 0.1) is 0 Å². The van der Waals surface area contributed by atoms with Crippen molar-refractivity contribution < 1.29 is 45.7 Å². The molecule has 172 valence electrons. The fourth-order valence-electron chi connectivity index (χ4n) is 2.30. The summed E-state index contributed by atoms with van der Waals surface area (Å²) in [4.78, 5) is 12.1. The summed E-state index contributed by atoms with van der Waals surface area (Å²) in [5, 5.41) is 10.1. The number of fused-ring (bicyclic) bond motifs is 1. The SMILES string of the molecule is CC(NI)C(I)C(=O)Oc1ccc2cc(OCC(O)(C(F)(F)F)C(F)(F)F)ccc2c1. The molecule has 2 unspecified atom stereocenters. The van der Waals surface area contributed by atoms with Crippen LogP contribution in [0.1, 0.15) is 6.92 Å². The Balaban J connectivity index is 2.18. The lowest BCUT2D eigenvalue weighted by Gasteiger charge is -2.31. The summed E-state index contributed by atoms with van der Waals surface area (Å²) in [5.74, 6) is -0.578. The summed E-state index contributed by atoms with van der Waals surface area (Å²) < 4.78 is 88.8. The summed E-state index contributed by atoms with van der Waals surface area (Å²) in [6.07, 6.45) is -11.9. The van der Waals surface area contributed by atoms with Crippen LogP contribution in [0.2, 0.25) is 0 Å². The van der Waals surface area contributed by atoms with Gasteiger partial charge in [-0.2, -0.15) is 26.3 Å². The standard InChI is InChI=1S/C18H15F6I2NO4/c1-9(27-26)14(25)15(28)31-13-5-3-10-6-12(4-2-11(10)7-13)30-8-16(29,17(19,20)21)18(22,23)24/h2-7,9,14,27,29H,8H2,1H3. The Morgan fingerprint density at radius 2 is 1.52 bits per heavy atom. The van der Waals surface area contributed by atoms with E-state index in [0.29, 0.717) is 10.8 Å². The fraction of sp³-hybridized carbons (Fsp3) is 0.389. The van der Waals surface area contributed by atoms with Crippen molar-refractivity contribution in [1.82, 2.24) is 3.53 Å². The van der Waals surface area contributed by atoms with Gasteiger partial charge in [0.15, 0.2) is 0 Å². The van der Waals surface area contributed by atoms with Crippen LogP contribution in [-0.4, -0.2) is 45.6 Å². The van der Waals surface area contributed by atoms with E-state index in [4.69, 9.17) is 9.84 Å². The Labute approximate surface area is 200 Å². The molecule has 0 bridgehead atoms. The first kappa shape index (κ1) is 26.2. The lowest BCUT2D eigenvalue weighted by atomic mass is 10.0. The highest BCUT2D eigenvalue weighted by molar-refractivity contribution is 14.1. The number of carbonyl (C=O) groups is 1. The van der Waals surface area contributed by atoms with Crippen molar-refractivity contribution in [1.29, 1.82) is 0 Å². The van der Waals surface area contributed by atoms with E-state index in [0.717, 1.165) is 6.07 Å².